The second-order valence-corrected chi connectivity index (χ2v) is 5.84. The molecule has 1 atom stereocenters. The molecule has 1 aliphatic rings. The van der Waals surface area contributed by atoms with E-state index in [9.17, 15) is 9.59 Å². The van der Waals surface area contributed by atoms with Crippen molar-refractivity contribution in [2.75, 3.05) is 26.2 Å². The number of hydrogen-bond donors (Lipinski definition) is 0. The summed E-state index contributed by atoms with van der Waals surface area (Å²) in [5.41, 5.74) is 0.870. The van der Waals surface area contributed by atoms with Gasteiger partial charge in [0.2, 0.25) is 0 Å². The van der Waals surface area contributed by atoms with Gasteiger partial charge >= 0.3 is 6.09 Å². The van der Waals surface area contributed by atoms with Crippen LogP contribution in [0.15, 0.2) is 24.3 Å². The zero-order valence-corrected chi connectivity index (χ0v) is 13.4. The highest BCUT2D eigenvalue weighted by Crippen LogP contribution is 2.13. The van der Waals surface area contributed by atoms with Crippen LogP contribution >= 0.6 is 11.6 Å². The van der Waals surface area contributed by atoms with E-state index in [1.165, 1.54) is 0 Å². The fourth-order valence-corrected chi connectivity index (χ4v) is 2.67. The molecule has 1 saturated heterocycles. The summed E-state index contributed by atoms with van der Waals surface area (Å²) in [5, 5.41) is 0.628. The maximum absolute atomic E-state index is 12.0. The third-order valence-electron chi connectivity index (χ3n) is 3.83. The first-order chi connectivity index (χ1) is 10.6. The lowest BCUT2D eigenvalue weighted by atomic mass is 10.2. The van der Waals surface area contributed by atoms with Gasteiger partial charge in [-0.2, -0.15) is 0 Å². The smallest absolute Gasteiger partial charge is 0.410 e. The van der Waals surface area contributed by atoms with E-state index in [4.69, 9.17) is 16.3 Å². The highest BCUT2D eigenvalue weighted by atomic mass is 35.5. The molecule has 1 amide bonds. The molecule has 0 aliphatic carbocycles. The van der Waals surface area contributed by atoms with E-state index in [2.05, 4.69) is 4.90 Å². The van der Waals surface area contributed by atoms with E-state index >= 15 is 0 Å². The van der Waals surface area contributed by atoms with Gasteiger partial charge < -0.3 is 9.64 Å². The monoisotopic (exact) mass is 323 g/mol. The van der Waals surface area contributed by atoms with Crippen LogP contribution in [0.5, 0.6) is 0 Å². The second-order valence-electron chi connectivity index (χ2n) is 5.41. The number of nitrogens with zero attached hydrogens (tertiary/aromatic N) is 2. The molecular formula is C16H20ClN2O3. The number of benzene rings is 1. The van der Waals surface area contributed by atoms with Crippen LogP contribution in [0.4, 0.5) is 4.79 Å². The first-order valence-corrected chi connectivity index (χ1v) is 7.73. The van der Waals surface area contributed by atoms with Gasteiger partial charge in [-0.15, -0.1) is 0 Å². The molecule has 5 nitrogen and oxygen atoms in total. The molecule has 0 aromatic heterocycles. The topological polar surface area (TPSA) is 49.9 Å². The number of piperazine rings is 1. The molecule has 0 saturated carbocycles. The molecule has 1 aliphatic heterocycles. The van der Waals surface area contributed by atoms with Gasteiger partial charge in [-0.1, -0.05) is 23.7 Å². The molecule has 119 valence electrons. The summed E-state index contributed by atoms with van der Waals surface area (Å²) >= 11 is 5.90. The summed E-state index contributed by atoms with van der Waals surface area (Å²) < 4.78 is 5.31. The van der Waals surface area contributed by atoms with Crippen molar-refractivity contribution in [2.24, 2.45) is 0 Å². The Bertz CT molecular complexity index is 516. The fourth-order valence-electron chi connectivity index (χ4n) is 2.46. The summed E-state index contributed by atoms with van der Waals surface area (Å²) in [5.74, 6) is 0. The van der Waals surface area contributed by atoms with Crippen molar-refractivity contribution in [3.63, 3.8) is 0 Å². The van der Waals surface area contributed by atoms with Gasteiger partial charge in [-0.3, -0.25) is 9.69 Å². The van der Waals surface area contributed by atoms with Crippen molar-refractivity contribution in [1.82, 2.24) is 9.80 Å². The van der Waals surface area contributed by atoms with Gasteiger partial charge in [-0.25, -0.2) is 4.79 Å². The van der Waals surface area contributed by atoms with Crippen molar-refractivity contribution in [3.05, 3.63) is 34.9 Å². The Morgan fingerprint density at radius 1 is 1.36 bits per heavy atom. The number of carbonyl (C=O) groups excluding carboxylic acids is 2. The summed E-state index contributed by atoms with van der Waals surface area (Å²) in [4.78, 5) is 26.4. The van der Waals surface area contributed by atoms with Gasteiger partial charge in [0.15, 0.2) is 6.29 Å². The van der Waals surface area contributed by atoms with Crippen molar-refractivity contribution in [2.45, 2.75) is 26.0 Å². The second kappa shape index (κ2) is 8.15. The van der Waals surface area contributed by atoms with Crippen LogP contribution < -0.4 is 0 Å². The van der Waals surface area contributed by atoms with E-state index in [-0.39, 0.29) is 18.7 Å². The Morgan fingerprint density at radius 3 is 2.73 bits per heavy atom. The summed E-state index contributed by atoms with van der Waals surface area (Å²) in [6, 6.07) is 7.43. The number of rotatable bonds is 5. The first kappa shape index (κ1) is 16.8. The van der Waals surface area contributed by atoms with E-state index in [0.717, 1.165) is 18.7 Å². The van der Waals surface area contributed by atoms with E-state index in [1.807, 2.05) is 25.3 Å². The molecular weight excluding hydrogens is 304 g/mol. The molecule has 0 spiro atoms. The van der Waals surface area contributed by atoms with Crippen LogP contribution in [-0.2, 0) is 16.1 Å². The van der Waals surface area contributed by atoms with Crippen LogP contribution in [0.1, 0.15) is 18.9 Å². The lowest BCUT2D eigenvalue weighted by Gasteiger charge is -2.36. The predicted molar refractivity (Wildman–Crippen MR) is 84.6 cm³/mol. The molecule has 1 fully saturated rings. The van der Waals surface area contributed by atoms with Crippen molar-refractivity contribution in [1.29, 1.82) is 0 Å². The fraction of sp³-hybridized carbons (Fsp3) is 0.500. The minimum absolute atomic E-state index is 0.169. The van der Waals surface area contributed by atoms with Crippen LogP contribution in [0.25, 0.3) is 0 Å². The Morgan fingerprint density at radius 2 is 2.09 bits per heavy atom. The van der Waals surface area contributed by atoms with Crippen LogP contribution in [0, 0.1) is 0 Å². The molecule has 1 aromatic rings. The Kier molecular flexibility index (Phi) is 6.21. The molecule has 2 rings (SSSR count). The summed E-state index contributed by atoms with van der Waals surface area (Å²) in [6.45, 7) is 4.92. The minimum atomic E-state index is -0.311. The van der Waals surface area contributed by atoms with Crippen LogP contribution in [-0.4, -0.2) is 54.4 Å². The number of halogens is 1. The Hall–Kier alpha value is -1.59. The van der Waals surface area contributed by atoms with Crippen molar-refractivity contribution in [3.8, 4) is 0 Å². The molecule has 6 heteroatoms. The molecule has 1 aromatic carbocycles. The minimum Gasteiger partial charge on any atom is -0.445 e. The summed E-state index contributed by atoms with van der Waals surface area (Å²) in [7, 11) is 0. The maximum Gasteiger partial charge on any atom is 0.410 e. The summed E-state index contributed by atoms with van der Waals surface area (Å²) in [6.07, 6.45) is 2.03. The van der Waals surface area contributed by atoms with Gasteiger partial charge in [0.25, 0.3) is 0 Å². The lowest BCUT2D eigenvalue weighted by Crippen LogP contribution is -2.51. The van der Waals surface area contributed by atoms with Gasteiger partial charge in [-0.05, 0) is 24.6 Å². The van der Waals surface area contributed by atoms with Crippen LogP contribution in [0.3, 0.4) is 0 Å². The van der Waals surface area contributed by atoms with E-state index in [1.54, 1.807) is 17.0 Å². The molecule has 1 unspecified atom stereocenters. The van der Waals surface area contributed by atoms with Crippen molar-refractivity contribution < 1.29 is 14.3 Å². The molecule has 22 heavy (non-hydrogen) atoms. The normalized spacial score (nSPS) is 17.1. The predicted octanol–water partition coefficient (Wildman–Crippen LogP) is 2.48. The zero-order chi connectivity index (χ0) is 15.9. The first-order valence-electron chi connectivity index (χ1n) is 7.35. The molecule has 1 heterocycles. The Balaban J connectivity index is 1.76. The third-order valence-corrected chi connectivity index (χ3v) is 4.06. The van der Waals surface area contributed by atoms with Gasteiger partial charge in [0.05, 0.1) is 0 Å². The average molecular weight is 324 g/mol. The Labute approximate surface area is 135 Å². The number of hydrogen-bond acceptors (Lipinski definition) is 4. The molecule has 0 N–H and O–H groups in total. The number of carbonyl (C=O) groups is 1. The van der Waals surface area contributed by atoms with Crippen molar-refractivity contribution >= 4 is 24.0 Å². The lowest BCUT2D eigenvalue weighted by molar-refractivity contribution is 0.0628. The SMILES string of the molecule is CC(C[C]=O)N1CCN(C(=O)OCc2cccc(Cl)c2)CC1. The quantitative estimate of drug-likeness (QED) is 0.835. The van der Waals surface area contributed by atoms with Gasteiger partial charge in [0.1, 0.15) is 6.61 Å². The number of amides is 1. The zero-order valence-electron chi connectivity index (χ0n) is 12.6. The third kappa shape index (κ3) is 4.71. The molecule has 0 bridgehead atoms. The average Bonchev–Trinajstić information content (AvgIpc) is 2.53. The van der Waals surface area contributed by atoms with E-state index < -0.39 is 0 Å². The largest absolute Gasteiger partial charge is 0.445 e. The van der Waals surface area contributed by atoms with Gasteiger partial charge in [0, 0.05) is 43.7 Å². The van der Waals surface area contributed by atoms with E-state index in [0.29, 0.717) is 24.5 Å². The highest BCUT2D eigenvalue weighted by Gasteiger charge is 2.24. The molecule has 1 radical (unpaired) electrons. The maximum atomic E-state index is 12.0. The highest BCUT2D eigenvalue weighted by molar-refractivity contribution is 6.30. The standard InChI is InChI=1S/C16H20ClN2O3/c1-13(5-10-20)18-6-8-19(9-7-18)16(21)22-12-14-3-2-4-15(17)11-14/h2-4,11,13H,5-9,12H2,1H3. The number of ether oxygens (including phenoxy) is 1. The van der Waals surface area contributed by atoms with Crippen LogP contribution in [0.2, 0.25) is 5.02 Å².